The molecule has 2 aromatic rings. The van der Waals surface area contributed by atoms with Crippen LogP contribution >= 0.6 is 11.6 Å². The molecule has 3 heteroatoms. The molecule has 0 aliphatic rings. The van der Waals surface area contributed by atoms with Crippen LogP contribution in [0, 0.1) is 6.92 Å². The van der Waals surface area contributed by atoms with Gasteiger partial charge in [-0.3, -0.25) is 0 Å². The smallest absolute Gasteiger partial charge is 0.121 e. The highest BCUT2D eigenvalue weighted by Gasteiger charge is 2.05. The average molecular weight is 304 g/mol. The Labute approximate surface area is 132 Å². The molecule has 112 valence electrons. The minimum atomic E-state index is 0.411. The van der Waals surface area contributed by atoms with E-state index in [4.69, 9.17) is 16.3 Å². The zero-order chi connectivity index (χ0) is 15.2. The third kappa shape index (κ3) is 4.76. The first-order valence-electron chi connectivity index (χ1n) is 7.20. The normalized spacial score (nSPS) is 12.2. The topological polar surface area (TPSA) is 21.3 Å². The summed E-state index contributed by atoms with van der Waals surface area (Å²) >= 11 is 5.90. The van der Waals surface area contributed by atoms with Crippen LogP contribution in [-0.4, -0.2) is 13.2 Å². The van der Waals surface area contributed by atoms with E-state index in [1.165, 1.54) is 16.7 Å². The van der Waals surface area contributed by atoms with Gasteiger partial charge >= 0.3 is 0 Å². The molecule has 1 atom stereocenters. The summed E-state index contributed by atoms with van der Waals surface area (Å²) in [7, 11) is 1.70. The van der Waals surface area contributed by atoms with Crippen LogP contribution in [-0.2, 0) is 13.0 Å². The highest BCUT2D eigenvalue weighted by atomic mass is 35.5. The quantitative estimate of drug-likeness (QED) is 0.855. The van der Waals surface area contributed by atoms with Crippen LogP contribution in [0.15, 0.2) is 42.5 Å². The fourth-order valence-corrected chi connectivity index (χ4v) is 2.51. The third-order valence-electron chi connectivity index (χ3n) is 3.57. The maximum atomic E-state index is 5.90. The molecule has 0 aliphatic carbocycles. The number of methoxy groups -OCH3 is 1. The largest absolute Gasteiger partial charge is 0.496 e. The molecule has 0 amide bonds. The van der Waals surface area contributed by atoms with Gasteiger partial charge in [0.2, 0.25) is 0 Å². The lowest BCUT2D eigenvalue weighted by atomic mass is 10.1. The lowest BCUT2D eigenvalue weighted by Gasteiger charge is -2.15. The molecule has 0 saturated heterocycles. The van der Waals surface area contributed by atoms with E-state index in [9.17, 15) is 0 Å². The Morgan fingerprint density at radius 2 is 1.76 bits per heavy atom. The van der Waals surface area contributed by atoms with E-state index in [2.05, 4.69) is 43.4 Å². The van der Waals surface area contributed by atoms with Gasteiger partial charge in [-0.15, -0.1) is 0 Å². The molecule has 0 bridgehead atoms. The van der Waals surface area contributed by atoms with Gasteiger partial charge in [0.1, 0.15) is 5.75 Å². The van der Waals surface area contributed by atoms with Crippen molar-refractivity contribution in [1.82, 2.24) is 5.32 Å². The van der Waals surface area contributed by atoms with E-state index < -0.39 is 0 Å². The summed E-state index contributed by atoms with van der Waals surface area (Å²) in [6.45, 7) is 5.13. The van der Waals surface area contributed by atoms with E-state index in [-0.39, 0.29) is 0 Å². The van der Waals surface area contributed by atoms with Crippen molar-refractivity contribution in [3.05, 3.63) is 64.2 Å². The van der Waals surface area contributed by atoms with Gasteiger partial charge in [0.05, 0.1) is 7.11 Å². The van der Waals surface area contributed by atoms with Crippen molar-refractivity contribution < 1.29 is 4.74 Å². The van der Waals surface area contributed by atoms with Gasteiger partial charge in [0, 0.05) is 17.6 Å². The van der Waals surface area contributed by atoms with Crippen LogP contribution in [0.1, 0.15) is 23.6 Å². The van der Waals surface area contributed by atoms with Crippen LogP contribution in [0.2, 0.25) is 5.02 Å². The van der Waals surface area contributed by atoms with Crippen molar-refractivity contribution in [2.24, 2.45) is 0 Å². The zero-order valence-electron chi connectivity index (χ0n) is 12.8. The SMILES string of the molecule is COc1ccc(CNC(C)Cc2ccc(Cl)cc2)cc1C. The Morgan fingerprint density at radius 1 is 1.10 bits per heavy atom. The molecule has 1 unspecified atom stereocenters. The number of nitrogens with one attached hydrogen (secondary N) is 1. The van der Waals surface area contributed by atoms with Crippen LogP contribution in [0.25, 0.3) is 0 Å². The molecule has 0 aliphatic heterocycles. The number of rotatable bonds is 6. The van der Waals surface area contributed by atoms with Crippen molar-refractivity contribution in [1.29, 1.82) is 0 Å². The van der Waals surface area contributed by atoms with Crippen LogP contribution in [0.3, 0.4) is 0 Å². The first kappa shape index (κ1) is 15.9. The summed E-state index contributed by atoms with van der Waals surface area (Å²) in [5.41, 5.74) is 3.74. The Morgan fingerprint density at radius 3 is 2.38 bits per heavy atom. The van der Waals surface area contributed by atoms with Gasteiger partial charge in [-0.25, -0.2) is 0 Å². The van der Waals surface area contributed by atoms with E-state index in [1.807, 2.05) is 18.2 Å². The summed E-state index contributed by atoms with van der Waals surface area (Å²) in [6, 6.07) is 14.8. The van der Waals surface area contributed by atoms with Crippen molar-refractivity contribution in [2.75, 3.05) is 7.11 Å². The predicted molar refractivity (Wildman–Crippen MR) is 89.2 cm³/mol. The summed E-state index contributed by atoms with van der Waals surface area (Å²) < 4.78 is 5.28. The summed E-state index contributed by atoms with van der Waals surface area (Å²) in [5.74, 6) is 0.938. The second-order valence-corrected chi connectivity index (χ2v) is 5.85. The van der Waals surface area contributed by atoms with Crippen molar-refractivity contribution in [2.45, 2.75) is 32.9 Å². The van der Waals surface area contributed by atoms with Crippen molar-refractivity contribution >= 4 is 11.6 Å². The van der Waals surface area contributed by atoms with Gasteiger partial charge < -0.3 is 10.1 Å². The molecule has 0 spiro atoms. The molecular formula is C18H22ClNO. The number of benzene rings is 2. The molecule has 2 aromatic carbocycles. The third-order valence-corrected chi connectivity index (χ3v) is 3.82. The summed E-state index contributed by atoms with van der Waals surface area (Å²) in [5, 5.41) is 4.34. The molecule has 0 radical (unpaired) electrons. The number of hydrogen-bond acceptors (Lipinski definition) is 2. The van der Waals surface area contributed by atoms with E-state index in [1.54, 1.807) is 7.11 Å². The summed E-state index contributed by atoms with van der Waals surface area (Å²) in [6.07, 6.45) is 0.992. The monoisotopic (exact) mass is 303 g/mol. The number of ether oxygens (including phenoxy) is 1. The van der Waals surface area contributed by atoms with Crippen LogP contribution in [0.5, 0.6) is 5.75 Å². The Bertz CT molecular complexity index is 580. The molecule has 0 aromatic heterocycles. The molecule has 0 saturated carbocycles. The Kier molecular flexibility index (Phi) is 5.66. The number of halogens is 1. The van der Waals surface area contributed by atoms with Crippen LogP contribution in [0.4, 0.5) is 0 Å². The maximum absolute atomic E-state index is 5.90. The molecule has 2 rings (SSSR count). The average Bonchev–Trinajstić information content (AvgIpc) is 2.48. The summed E-state index contributed by atoms with van der Waals surface area (Å²) in [4.78, 5) is 0. The van der Waals surface area contributed by atoms with Gasteiger partial charge in [-0.05, 0) is 55.2 Å². The predicted octanol–water partition coefficient (Wildman–Crippen LogP) is 4.38. The first-order chi connectivity index (χ1) is 10.1. The second-order valence-electron chi connectivity index (χ2n) is 5.42. The number of aryl methyl sites for hydroxylation is 1. The van der Waals surface area contributed by atoms with E-state index in [0.29, 0.717) is 6.04 Å². The molecule has 2 nitrogen and oxygen atoms in total. The van der Waals surface area contributed by atoms with Gasteiger partial charge in [0.15, 0.2) is 0 Å². The fourth-order valence-electron chi connectivity index (χ4n) is 2.39. The molecule has 1 N–H and O–H groups in total. The molecular weight excluding hydrogens is 282 g/mol. The molecule has 21 heavy (non-hydrogen) atoms. The van der Waals surface area contributed by atoms with Crippen molar-refractivity contribution in [3.63, 3.8) is 0 Å². The zero-order valence-corrected chi connectivity index (χ0v) is 13.6. The second kappa shape index (κ2) is 7.48. The first-order valence-corrected chi connectivity index (χ1v) is 7.57. The van der Waals surface area contributed by atoms with Crippen molar-refractivity contribution in [3.8, 4) is 5.75 Å². The lowest BCUT2D eigenvalue weighted by Crippen LogP contribution is -2.27. The minimum absolute atomic E-state index is 0.411. The van der Waals surface area contributed by atoms with Gasteiger partial charge in [0.25, 0.3) is 0 Å². The standard InChI is InChI=1S/C18H22ClNO/c1-13-10-16(6-9-18(13)21-3)12-20-14(2)11-15-4-7-17(19)8-5-15/h4-10,14,20H,11-12H2,1-3H3. The van der Waals surface area contributed by atoms with E-state index in [0.717, 1.165) is 23.7 Å². The van der Waals surface area contributed by atoms with Gasteiger partial charge in [-0.2, -0.15) is 0 Å². The highest BCUT2D eigenvalue weighted by molar-refractivity contribution is 6.30. The Balaban J connectivity index is 1.87. The molecule has 0 fully saturated rings. The lowest BCUT2D eigenvalue weighted by molar-refractivity contribution is 0.411. The van der Waals surface area contributed by atoms with Crippen LogP contribution < -0.4 is 10.1 Å². The fraction of sp³-hybridized carbons (Fsp3) is 0.333. The van der Waals surface area contributed by atoms with E-state index >= 15 is 0 Å². The maximum Gasteiger partial charge on any atom is 0.121 e. The highest BCUT2D eigenvalue weighted by Crippen LogP contribution is 2.18. The van der Waals surface area contributed by atoms with Gasteiger partial charge in [-0.1, -0.05) is 35.9 Å². The number of hydrogen-bond donors (Lipinski definition) is 1. The molecule has 0 heterocycles. The minimum Gasteiger partial charge on any atom is -0.496 e. The Hall–Kier alpha value is -1.51.